The molecule has 0 radical (unpaired) electrons. The lowest BCUT2D eigenvalue weighted by molar-refractivity contribution is -0.134. The Labute approximate surface area is 144 Å². The maximum Gasteiger partial charge on any atom is 0.414 e. The van der Waals surface area contributed by atoms with Crippen LogP contribution in [0.25, 0.3) is 0 Å². The van der Waals surface area contributed by atoms with Gasteiger partial charge in [0.25, 0.3) is 5.97 Å². The fraction of sp³-hybridized carbons (Fsp3) is 0.500. The van der Waals surface area contributed by atoms with Gasteiger partial charge >= 0.3 is 6.09 Å². The highest BCUT2D eigenvalue weighted by atomic mass is 19.1. The van der Waals surface area contributed by atoms with Gasteiger partial charge in [-0.3, -0.25) is 9.69 Å². The summed E-state index contributed by atoms with van der Waals surface area (Å²) in [6, 6.07) is 4.79. The number of carboxylic acids is 1. The predicted octanol–water partition coefficient (Wildman–Crippen LogP) is 1.04. The van der Waals surface area contributed by atoms with Crippen molar-refractivity contribution in [1.82, 2.24) is 0 Å². The van der Waals surface area contributed by atoms with Crippen molar-refractivity contribution in [3.05, 3.63) is 24.0 Å². The van der Waals surface area contributed by atoms with Gasteiger partial charge < -0.3 is 25.2 Å². The summed E-state index contributed by atoms with van der Waals surface area (Å²) in [5.41, 5.74) is 6.51. The van der Waals surface area contributed by atoms with Crippen molar-refractivity contribution in [2.24, 2.45) is 5.73 Å². The molecule has 138 valence electrons. The third kappa shape index (κ3) is 5.04. The highest BCUT2D eigenvalue weighted by Crippen LogP contribution is 2.28. The van der Waals surface area contributed by atoms with Crippen LogP contribution in [0.3, 0.4) is 0 Å². The van der Waals surface area contributed by atoms with Crippen molar-refractivity contribution >= 4 is 23.4 Å². The number of hydrogen-bond acceptors (Lipinski definition) is 6. The first-order valence-corrected chi connectivity index (χ1v) is 7.92. The quantitative estimate of drug-likeness (QED) is 0.834. The number of halogens is 1. The molecule has 1 atom stereocenters. The molecule has 0 aliphatic carbocycles. The Morgan fingerprint density at radius 1 is 1.40 bits per heavy atom. The van der Waals surface area contributed by atoms with E-state index in [0.717, 1.165) is 6.92 Å². The lowest BCUT2D eigenvalue weighted by Gasteiger charge is -2.29. The third-order valence-electron chi connectivity index (χ3n) is 3.73. The van der Waals surface area contributed by atoms with Crippen LogP contribution < -0.4 is 15.5 Å². The SMILES string of the molecule is CC(=O)O.NC[C@H]1CN(c2ccc(N3CCOCC3)c(F)c2)C(=O)O1. The van der Waals surface area contributed by atoms with Crippen LogP contribution in [-0.4, -0.2) is 62.7 Å². The lowest BCUT2D eigenvalue weighted by atomic mass is 10.2. The molecule has 3 rings (SSSR count). The number of morpholine rings is 1. The van der Waals surface area contributed by atoms with E-state index < -0.39 is 12.1 Å². The average Bonchev–Trinajstić information content (AvgIpc) is 2.96. The molecule has 2 aliphatic rings. The van der Waals surface area contributed by atoms with E-state index in [2.05, 4.69) is 0 Å². The van der Waals surface area contributed by atoms with Gasteiger partial charge in [-0.1, -0.05) is 0 Å². The van der Waals surface area contributed by atoms with Crippen LogP contribution in [0.4, 0.5) is 20.6 Å². The molecule has 25 heavy (non-hydrogen) atoms. The van der Waals surface area contributed by atoms with E-state index in [4.69, 9.17) is 25.1 Å². The second kappa shape index (κ2) is 8.63. The van der Waals surface area contributed by atoms with Gasteiger partial charge in [0.2, 0.25) is 0 Å². The molecule has 1 aromatic rings. The summed E-state index contributed by atoms with van der Waals surface area (Å²) in [6.45, 7) is 4.21. The zero-order valence-electron chi connectivity index (χ0n) is 14.0. The fourth-order valence-corrected chi connectivity index (χ4v) is 2.58. The molecule has 9 heteroatoms. The van der Waals surface area contributed by atoms with Crippen molar-refractivity contribution in [3.63, 3.8) is 0 Å². The minimum absolute atomic E-state index is 0.260. The molecule has 8 nitrogen and oxygen atoms in total. The molecule has 0 saturated carbocycles. The summed E-state index contributed by atoms with van der Waals surface area (Å²) in [6.07, 6.45) is -0.816. The topological polar surface area (TPSA) is 105 Å². The molecule has 2 fully saturated rings. The van der Waals surface area contributed by atoms with E-state index >= 15 is 0 Å². The minimum Gasteiger partial charge on any atom is -0.481 e. The van der Waals surface area contributed by atoms with Gasteiger partial charge in [0, 0.05) is 26.6 Å². The summed E-state index contributed by atoms with van der Waals surface area (Å²) >= 11 is 0. The summed E-state index contributed by atoms with van der Waals surface area (Å²) in [4.78, 5) is 24.1. The maximum atomic E-state index is 14.3. The number of carbonyl (C=O) groups excluding carboxylic acids is 1. The molecule has 2 aliphatic heterocycles. The Morgan fingerprint density at radius 3 is 2.56 bits per heavy atom. The summed E-state index contributed by atoms with van der Waals surface area (Å²) in [5, 5.41) is 7.42. The number of cyclic esters (lactones) is 1. The number of rotatable bonds is 3. The fourth-order valence-electron chi connectivity index (χ4n) is 2.58. The van der Waals surface area contributed by atoms with E-state index in [1.165, 1.54) is 11.0 Å². The van der Waals surface area contributed by atoms with Gasteiger partial charge in [-0.15, -0.1) is 0 Å². The molecule has 1 aromatic carbocycles. The first-order valence-electron chi connectivity index (χ1n) is 7.92. The van der Waals surface area contributed by atoms with Crippen LogP contribution >= 0.6 is 0 Å². The molecule has 0 spiro atoms. The van der Waals surface area contributed by atoms with Crippen molar-refractivity contribution in [3.8, 4) is 0 Å². The average molecular weight is 355 g/mol. The smallest absolute Gasteiger partial charge is 0.414 e. The van der Waals surface area contributed by atoms with Crippen LogP contribution in [0.15, 0.2) is 18.2 Å². The number of carbonyl (C=O) groups is 2. The van der Waals surface area contributed by atoms with Crippen LogP contribution in [-0.2, 0) is 14.3 Å². The number of amides is 1. The number of hydrogen-bond donors (Lipinski definition) is 2. The standard InChI is InChI=1S/C14H18FN3O3.C2H4O2/c15-12-7-10(18-9-11(8-16)21-14(18)19)1-2-13(12)17-3-5-20-6-4-17;1-2(3)4/h1-2,7,11H,3-6,8-9,16H2;1H3,(H,3,4)/t11-;/m0./s1. The van der Waals surface area contributed by atoms with Crippen LogP contribution in [0.2, 0.25) is 0 Å². The second-order valence-electron chi connectivity index (χ2n) is 5.61. The van der Waals surface area contributed by atoms with Crippen molar-refractivity contribution in [1.29, 1.82) is 0 Å². The number of nitrogens with two attached hydrogens (primary N) is 1. The molecule has 2 saturated heterocycles. The van der Waals surface area contributed by atoms with E-state index in [1.54, 1.807) is 12.1 Å². The Hall–Kier alpha value is -2.39. The van der Waals surface area contributed by atoms with Gasteiger partial charge in [-0.25, -0.2) is 9.18 Å². The van der Waals surface area contributed by atoms with Crippen molar-refractivity contribution in [2.75, 3.05) is 49.2 Å². The Morgan fingerprint density at radius 2 is 2.04 bits per heavy atom. The predicted molar refractivity (Wildman–Crippen MR) is 89.4 cm³/mol. The Balaban J connectivity index is 0.000000511. The highest BCUT2D eigenvalue weighted by Gasteiger charge is 2.32. The molecule has 0 aromatic heterocycles. The summed E-state index contributed by atoms with van der Waals surface area (Å²) in [7, 11) is 0. The number of ether oxygens (including phenoxy) is 2. The van der Waals surface area contributed by atoms with Gasteiger partial charge in [0.05, 0.1) is 31.1 Å². The number of carboxylic acid groups (broad SMARTS) is 1. The van der Waals surface area contributed by atoms with E-state index in [1.807, 2.05) is 4.90 Å². The van der Waals surface area contributed by atoms with Gasteiger partial charge in [0.1, 0.15) is 11.9 Å². The maximum absolute atomic E-state index is 14.3. The number of anilines is 2. The summed E-state index contributed by atoms with van der Waals surface area (Å²) < 4.78 is 24.6. The largest absolute Gasteiger partial charge is 0.481 e. The normalized spacial score (nSPS) is 20.0. The molecular formula is C16H22FN3O5. The van der Waals surface area contributed by atoms with E-state index in [-0.39, 0.29) is 18.5 Å². The zero-order chi connectivity index (χ0) is 18.4. The highest BCUT2D eigenvalue weighted by molar-refractivity contribution is 5.90. The molecule has 2 heterocycles. The molecule has 0 unspecified atom stereocenters. The molecule has 0 bridgehead atoms. The number of nitrogens with zero attached hydrogens (tertiary/aromatic N) is 2. The molecule has 1 amide bonds. The molecule has 3 N–H and O–H groups in total. The monoisotopic (exact) mass is 355 g/mol. The van der Waals surface area contributed by atoms with Crippen molar-refractivity contribution in [2.45, 2.75) is 13.0 Å². The Bertz CT molecular complexity index is 618. The van der Waals surface area contributed by atoms with E-state index in [9.17, 15) is 9.18 Å². The summed E-state index contributed by atoms with van der Waals surface area (Å²) in [5.74, 6) is -1.18. The van der Waals surface area contributed by atoms with Gasteiger partial charge in [-0.2, -0.15) is 0 Å². The first-order chi connectivity index (χ1) is 11.9. The minimum atomic E-state index is -0.833. The first kappa shape index (κ1) is 18.9. The zero-order valence-corrected chi connectivity index (χ0v) is 14.0. The number of benzene rings is 1. The second-order valence-corrected chi connectivity index (χ2v) is 5.61. The molecular weight excluding hydrogens is 333 g/mol. The van der Waals surface area contributed by atoms with Gasteiger partial charge in [-0.05, 0) is 18.2 Å². The van der Waals surface area contributed by atoms with Crippen LogP contribution in [0.1, 0.15) is 6.92 Å². The van der Waals surface area contributed by atoms with E-state index in [0.29, 0.717) is 44.2 Å². The lowest BCUT2D eigenvalue weighted by Crippen LogP contribution is -2.36. The van der Waals surface area contributed by atoms with Gasteiger partial charge in [0.15, 0.2) is 0 Å². The van der Waals surface area contributed by atoms with Crippen LogP contribution in [0.5, 0.6) is 0 Å². The number of aliphatic carboxylic acids is 1. The third-order valence-corrected chi connectivity index (χ3v) is 3.73. The Kier molecular flexibility index (Phi) is 6.54. The van der Waals surface area contributed by atoms with Crippen molar-refractivity contribution < 1.29 is 28.6 Å². The van der Waals surface area contributed by atoms with Crippen LogP contribution in [0, 0.1) is 5.82 Å².